The standard InChI is InChI=1S/C13H9FN2/c14-11-6-4-9(5-7-11)12-3-1-2-10(8-15)13(12)16/h1-7H,16H2. The molecule has 0 bridgehead atoms. The lowest BCUT2D eigenvalue weighted by Gasteiger charge is -2.06. The van der Waals surface area contributed by atoms with Gasteiger partial charge in [0.05, 0.1) is 11.3 Å². The maximum atomic E-state index is 12.8. The van der Waals surface area contributed by atoms with Crippen LogP contribution in [0.2, 0.25) is 0 Å². The number of nitriles is 1. The van der Waals surface area contributed by atoms with Crippen molar-refractivity contribution >= 4 is 5.69 Å². The van der Waals surface area contributed by atoms with Gasteiger partial charge in [0.25, 0.3) is 0 Å². The van der Waals surface area contributed by atoms with E-state index in [-0.39, 0.29) is 5.82 Å². The molecule has 0 spiro atoms. The van der Waals surface area contributed by atoms with Gasteiger partial charge in [-0.15, -0.1) is 0 Å². The number of nitrogens with two attached hydrogens (primary N) is 1. The second-order valence-corrected chi connectivity index (χ2v) is 3.39. The van der Waals surface area contributed by atoms with Crippen molar-refractivity contribution in [3.8, 4) is 17.2 Å². The fraction of sp³-hybridized carbons (Fsp3) is 0. The Morgan fingerprint density at radius 3 is 2.38 bits per heavy atom. The highest BCUT2D eigenvalue weighted by Crippen LogP contribution is 2.28. The van der Waals surface area contributed by atoms with Crippen LogP contribution in [0.1, 0.15) is 5.56 Å². The number of nitrogen functional groups attached to an aromatic ring is 1. The SMILES string of the molecule is N#Cc1cccc(-c2ccc(F)cc2)c1N. The zero-order chi connectivity index (χ0) is 11.5. The highest BCUT2D eigenvalue weighted by molar-refractivity contribution is 5.80. The molecule has 16 heavy (non-hydrogen) atoms. The van der Waals surface area contributed by atoms with Crippen LogP contribution in [-0.4, -0.2) is 0 Å². The number of anilines is 1. The van der Waals surface area contributed by atoms with E-state index < -0.39 is 0 Å². The van der Waals surface area contributed by atoms with E-state index in [1.54, 1.807) is 24.3 Å². The van der Waals surface area contributed by atoms with Gasteiger partial charge in [0.1, 0.15) is 11.9 Å². The Morgan fingerprint density at radius 2 is 1.75 bits per heavy atom. The van der Waals surface area contributed by atoms with Crippen molar-refractivity contribution in [3.05, 3.63) is 53.8 Å². The minimum Gasteiger partial charge on any atom is -0.397 e. The lowest BCUT2D eigenvalue weighted by atomic mass is 10.0. The predicted octanol–water partition coefficient (Wildman–Crippen LogP) is 2.95. The molecule has 2 aromatic carbocycles. The van der Waals surface area contributed by atoms with E-state index in [1.165, 1.54) is 12.1 Å². The molecular weight excluding hydrogens is 203 g/mol. The molecule has 0 heterocycles. The molecule has 0 fully saturated rings. The number of benzene rings is 2. The van der Waals surface area contributed by atoms with Gasteiger partial charge in [0.2, 0.25) is 0 Å². The zero-order valence-corrected chi connectivity index (χ0v) is 8.44. The summed E-state index contributed by atoms with van der Waals surface area (Å²) in [6.07, 6.45) is 0. The Balaban J connectivity index is 2.57. The van der Waals surface area contributed by atoms with Gasteiger partial charge in [-0.2, -0.15) is 5.26 Å². The molecule has 0 amide bonds. The van der Waals surface area contributed by atoms with Gasteiger partial charge < -0.3 is 5.73 Å². The summed E-state index contributed by atoms with van der Waals surface area (Å²) in [5.41, 5.74) is 8.26. The molecule has 2 nitrogen and oxygen atoms in total. The Morgan fingerprint density at radius 1 is 1.06 bits per heavy atom. The van der Waals surface area contributed by atoms with Crippen LogP contribution in [-0.2, 0) is 0 Å². The summed E-state index contributed by atoms with van der Waals surface area (Å²) in [4.78, 5) is 0. The van der Waals surface area contributed by atoms with Crippen molar-refractivity contribution in [1.29, 1.82) is 5.26 Å². The minimum atomic E-state index is -0.293. The molecule has 2 aromatic rings. The van der Waals surface area contributed by atoms with Crippen LogP contribution < -0.4 is 5.73 Å². The van der Waals surface area contributed by atoms with Crippen molar-refractivity contribution in [1.82, 2.24) is 0 Å². The molecule has 3 heteroatoms. The third-order valence-corrected chi connectivity index (χ3v) is 2.38. The van der Waals surface area contributed by atoms with E-state index in [0.29, 0.717) is 11.3 Å². The first-order chi connectivity index (χ1) is 7.72. The second kappa shape index (κ2) is 4.03. The molecule has 0 saturated carbocycles. The average Bonchev–Trinajstić information content (AvgIpc) is 2.31. The van der Waals surface area contributed by atoms with Gasteiger partial charge in [-0.3, -0.25) is 0 Å². The fourth-order valence-corrected chi connectivity index (χ4v) is 1.54. The topological polar surface area (TPSA) is 49.8 Å². The summed E-state index contributed by atoms with van der Waals surface area (Å²) >= 11 is 0. The second-order valence-electron chi connectivity index (χ2n) is 3.39. The molecule has 0 radical (unpaired) electrons. The molecule has 0 atom stereocenters. The van der Waals surface area contributed by atoms with Crippen molar-refractivity contribution < 1.29 is 4.39 Å². The summed E-state index contributed by atoms with van der Waals surface area (Å²) in [5.74, 6) is -0.293. The van der Waals surface area contributed by atoms with Crippen LogP contribution in [0.15, 0.2) is 42.5 Å². The molecule has 0 aliphatic rings. The van der Waals surface area contributed by atoms with Crippen molar-refractivity contribution in [2.45, 2.75) is 0 Å². The molecule has 0 aliphatic carbocycles. The number of hydrogen-bond acceptors (Lipinski definition) is 2. The van der Waals surface area contributed by atoms with Crippen LogP contribution in [0.4, 0.5) is 10.1 Å². The normalized spacial score (nSPS) is 9.75. The maximum Gasteiger partial charge on any atom is 0.123 e. The van der Waals surface area contributed by atoms with Crippen LogP contribution in [0, 0.1) is 17.1 Å². The predicted molar refractivity (Wildman–Crippen MR) is 61.0 cm³/mol. The van der Waals surface area contributed by atoms with Crippen LogP contribution in [0.5, 0.6) is 0 Å². The molecule has 0 aromatic heterocycles. The molecule has 0 aliphatic heterocycles. The van der Waals surface area contributed by atoms with Crippen molar-refractivity contribution in [3.63, 3.8) is 0 Å². The lowest BCUT2D eigenvalue weighted by Crippen LogP contribution is -1.93. The van der Waals surface area contributed by atoms with Crippen molar-refractivity contribution in [2.75, 3.05) is 5.73 Å². The zero-order valence-electron chi connectivity index (χ0n) is 8.44. The van der Waals surface area contributed by atoms with E-state index in [2.05, 4.69) is 0 Å². The molecule has 2 N–H and O–H groups in total. The molecule has 2 rings (SSSR count). The number of nitrogens with zero attached hydrogens (tertiary/aromatic N) is 1. The summed E-state index contributed by atoms with van der Waals surface area (Å²) in [7, 11) is 0. The number of halogens is 1. The molecule has 0 saturated heterocycles. The van der Waals surface area contributed by atoms with E-state index in [9.17, 15) is 4.39 Å². The van der Waals surface area contributed by atoms with E-state index in [1.807, 2.05) is 12.1 Å². The monoisotopic (exact) mass is 212 g/mol. The quantitative estimate of drug-likeness (QED) is 0.739. The van der Waals surface area contributed by atoms with E-state index in [0.717, 1.165) is 11.1 Å². The van der Waals surface area contributed by atoms with Gasteiger partial charge in [0.15, 0.2) is 0 Å². The van der Waals surface area contributed by atoms with Crippen LogP contribution in [0.25, 0.3) is 11.1 Å². The first-order valence-electron chi connectivity index (χ1n) is 4.77. The number of para-hydroxylation sites is 1. The van der Waals surface area contributed by atoms with E-state index >= 15 is 0 Å². The minimum absolute atomic E-state index is 0.293. The number of hydrogen-bond donors (Lipinski definition) is 1. The van der Waals surface area contributed by atoms with Gasteiger partial charge in [-0.25, -0.2) is 4.39 Å². The smallest absolute Gasteiger partial charge is 0.123 e. The van der Waals surface area contributed by atoms with Gasteiger partial charge in [-0.1, -0.05) is 24.3 Å². The summed E-state index contributed by atoms with van der Waals surface area (Å²) in [6.45, 7) is 0. The van der Waals surface area contributed by atoms with Crippen molar-refractivity contribution in [2.24, 2.45) is 0 Å². The fourth-order valence-electron chi connectivity index (χ4n) is 1.54. The Kier molecular flexibility index (Phi) is 2.57. The maximum absolute atomic E-state index is 12.8. The van der Waals surface area contributed by atoms with Crippen LogP contribution in [0.3, 0.4) is 0 Å². The Bertz CT molecular complexity index is 553. The average molecular weight is 212 g/mol. The van der Waals surface area contributed by atoms with Gasteiger partial charge in [0, 0.05) is 5.56 Å². The van der Waals surface area contributed by atoms with Crippen LogP contribution >= 0.6 is 0 Å². The summed E-state index contributed by atoms with van der Waals surface area (Å²) in [5, 5.41) is 8.84. The Labute approximate surface area is 92.8 Å². The highest BCUT2D eigenvalue weighted by atomic mass is 19.1. The largest absolute Gasteiger partial charge is 0.397 e. The highest BCUT2D eigenvalue weighted by Gasteiger charge is 2.06. The summed E-state index contributed by atoms with van der Waals surface area (Å²) in [6, 6.07) is 13.3. The molecule has 78 valence electrons. The van der Waals surface area contributed by atoms with Gasteiger partial charge >= 0.3 is 0 Å². The molecular formula is C13H9FN2. The first kappa shape index (κ1) is 10.2. The number of rotatable bonds is 1. The molecule has 0 unspecified atom stereocenters. The summed E-state index contributed by atoms with van der Waals surface area (Å²) < 4.78 is 12.8. The van der Waals surface area contributed by atoms with Gasteiger partial charge in [-0.05, 0) is 23.8 Å². The lowest BCUT2D eigenvalue weighted by molar-refractivity contribution is 0.628. The first-order valence-corrected chi connectivity index (χ1v) is 4.77. The van der Waals surface area contributed by atoms with E-state index in [4.69, 9.17) is 11.0 Å². The third kappa shape index (κ3) is 1.73. The third-order valence-electron chi connectivity index (χ3n) is 2.38. The Hall–Kier alpha value is -2.34.